The molecular weight excluding hydrogens is 254 g/mol. The predicted molar refractivity (Wildman–Crippen MR) is 67.5 cm³/mol. The molecule has 0 saturated carbocycles. The third-order valence-electron chi connectivity index (χ3n) is 2.53. The van der Waals surface area contributed by atoms with E-state index in [-0.39, 0.29) is 11.3 Å². The summed E-state index contributed by atoms with van der Waals surface area (Å²) in [6.45, 7) is 0.420. The highest BCUT2D eigenvalue weighted by molar-refractivity contribution is 7.07. The van der Waals surface area contributed by atoms with Gasteiger partial charge in [-0.1, -0.05) is 0 Å². The number of rotatable bonds is 3. The van der Waals surface area contributed by atoms with Gasteiger partial charge in [-0.3, -0.25) is 0 Å². The maximum atomic E-state index is 13.7. The molecule has 0 N–H and O–H groups in total. The SMILES string of the molecule is CN(Cc1ccsc1)c1c(F)cc(C#N)cc1F. The molecule has 1 heterocycles. The Morgan fingerprint density at radius 1 is 1.33 bits per heavy atom. The van der Waals surface area contributed by atoms with E-state index < -0.39 is 11.6 Å². The van der Waals surface area contributed by atoms with E-state index in [9.17, 15) is 8.78 Å². The molecule has 2 aromatic rings. The molecule has 0 aliphatic carbocycles. The van der Waals surface area contributed by atoms with Crippen LogP contribution in [0.2, 0.25) is 0 Å². The zero-order valence-corrected chi connectivity index (χ0v) is 10.5. The van der Waals surface area contributed by atoms with Crippen LogP contribution in [-0.2, 0) is 6.54 Å². The van der Waals surface area contributed by atoms with E-state index in [0.717, 1.165) is 17.7 Å². The molecule has 0 atom stereocenters. The third kappa shape index (κ3) is 2.49. The Morgan fingerprint density at radius 2 is 2.00 bits per heavy atom. The van der Waals surface area contributed by atoms with Gasteiger partial charge in [0.2, 0.25) is 0 Å². The molecule has 0 aliphatic rings. The van der Waals surface area contributed by atoms with Gasteiger partial charge in [-0.15, -0.1) is 0 Å². The van der Waals surface area contributed by atoms with Gasteiger partial charge in [0.05, 0.1) is 11.6 Å². The van der Waals surface area contributed by atoms with Gasteiger partial charge in [0, 0.05) is 13.6 Å². The summed E-state index contributed by atoms with van der Waals surface area (Å²) in [5.74, 6) is -1.44. The lowest BCUT2D eigenvalue weighted by Crippen LogP contribution is -2.19. The molecule has 0 fully saturated rings. The van der Waals surface area contributed by atoms with Gasteiger partial charge >= 0.3 is 0 Å². The normalized spacial score (nSPS) is 10.1. The lowest BCUT2D eigenvalue weighted by molar-refractivity contribution is 0.576. The molecule has 0 amide bonds. The minimum Gasteiger partial charge on any atom is -0.365 e. The lowest BCUT2D eigenvalue weighted by atomic mass is 10.2. The number of anilines is 1. The largest absolute Gasteiger partial charge is 0.365 e. The first kappa shape index (κ1) is 12.5. The molecule has 1 aromatic carbocycles. The van der Waals surface area contributed by atoms with Crippen LogP contribution in [0.15, 0.2) is 29.0 Å². The van der Waals surface area contributed by atoms with Crippen LogP contribution in [0.5, 0.6) is 0 Å². The van der Waals surface area contributed by atoms with E-state index in [0.29, 0.717) is 6.54 Å². The first-order valence-electron chi connectivity index (χ1n) is 5.23. The van der Waals surface area contributed by atoms with Crippen molar-refractivity contribution in [2.75, 3.05) is 11.9 Å². The molecule has 0 aliphatic heterocycles. The van der Waals surface area contributed by atoms with Crippen molar-refractivity contribution in [3.8, 4) is 6.07 Å². The fourth-order valence-electron chi connectivity index (χ4n) is 1.73. The molecule has 5 heteroatoms. The molecule has 18 heavy (non-hydrogen) atoms. The standard InChI is InChI=1S/C13H10F2N2S/c1-17(7-9-2-3-18-8-9)13-11(14)4-10(6-16)5-12(13)15/h2-5,8H,7H2,1H3. The van der Waals surface area contributed by atoms with Crippen LogP contribution in [0, 0.1) is 23.0 Å². The van der Waals surface area contributed by atoms with Crippen molar-refractivity contribution in [2.24, 2.45) is 0 Å². The molecule has 0 saturated heterocycles. The number of halogens is 2. The maximum absolute atomic E-state index is 13.7. The quantitative estimate of drug-likeness (QED) is 0.848. The van der Waals surface area contributed by atoms with E-state index >= 15 is 0 Å². The second-order valence-corrected chi connectivity index (χ2v) is 4.67. The summed E-state index contributed by atoms with van der Waals surface area (Å²) >= 11 is 1.53. The van der Waals surface area contributed by atoms with E-state index in [1.54, 1.807) is 13.1 Å². The van der Waals surface area contributed by atoms with Crippen molar-refractivity contribution >= 4 is 17.0 Å². The predicted octanol–water partition coefficient (Wildman–Crippen LogP) is 3.53. The zero-order chi connectivity index (χ0) is 13.1. The molecule has 0 bridgehead atoms. The highest BCUT2D eigenvalue weighted by atomic mass is 32.1. The summed E-state index contributed by atoms with van der Waals surface area (Å²) in [4.78, 5) is 1.49. The summed E-state index contributed by atoms with van der Waals surface area (Å²) < 4.78 is 27.5. The fourth-order valence-corrected chi connectivity index (χ4v) is 2.39. The van der Waals surface area contributed by atoms with Crippen LogP contribution in [0.25, 0.3) is 0 Å². The Kier molecular flexibility index (Phi) is 3.58. The van der Waals surface area contributed by atoms with Crippen LogP contribution in [0.3, 0.4) is 0 Å². The molecule has 1 aromatic heterocycles. The topological polar surface area (TPSA) is 27.0 Å². The van der Waals surface area contributed by atoms with E-state index in [4.69, 9.17) is 5.26 Å². The molecule has 0 unspecified atom stereocenters. The smallest absolute Gasteiger partial charge is 0.150 e. The highest BCUT2D eigenvalue weighted by Gasteiger charge is 2.15. The first-order chi connectivity index (χ1) is 8.61. The van der Waals surface area contributed by atoms with Crippen LogP contribution in [0.1, 0.15) is 11.1 Å². The molecule has 0 spiro atoms. The van der Waals surface area contributed by atoms with E-state index in [1.807, 2.05) is 16.8 Å². The molecule has 2 nitrogen and oxygen atoms in total. The monoisotopic (exact) mass is 264 g/mol. The van der Waals surface area contributed by atoms with Crippen molar-refractivity contribution in [1.82, 2.24) is 0 Å². The van der Waals surface area contributed by atoms with Crippen LogP contribution in [-0.4, -0.2) is 7.05 Å². The number of hydrogen-bond donors (Lipinski definition) is 0. The molecule has 0 radical (unpaired) electrons. The van der Waals surface area contributed by atoms with Crippen molar-refractivity contribution in [3.05, 3.63) is 51.7 Å². The minimum atomic E-state index is -0.718. The van der Waals surface area contributed by atoms with E-state index in [1.165, 1.54) is 16.2 Å². The minimum absolute atomic E-state index is 0.0160. The second-order valence-electron chi connectivity index (χ2n) is 3.89. The summed E-state index contributed by atoms with van der Waals surface area (Å²) in [6, 6.07) is 5.72. The number of nitriles is 1. The van der Waals surface area contributed by atoms with Crippen LogP contribution < -0.4 is 4.90 Å². The fraction of sp³-hybridized carbons (Fsp3) is 0.154. The summed E-state index contributed by atoms with van der Waals surface area (Å²) in [7, 11) is 1.62. The van der Waals surface area contributed by atoms with Crippen molar-refractivity contribution < 1.29 is 8.78 Å². The highest BCUT2D eigenvalue weighted by Crippen LogP contribution is 2.25. The lowest BCUT2D eigenvalue weighted by Gasteiger charge is -2.20. The van der Waals surface area contributed by atoms with E-state index in [2.05, 4.69) is 0 Å². The number of thiophene rings is 1. The third-order valence-corrected chi connectivity index (χ3v) is 3.26. The second kappa shape index (κ2) is 5.15. The Morgan fingerprint density at radius 3 is 2.50 bits per heavy atom. The molecular formula is C13H10F2N2S. The number of hydrogen-bond acceptors (Lipinski definition) is 3. The van der Waals surface area contributed by atoms with Gasteiger partial charge < -0.3 is 4.90 Å². The summed E-state index contributed by atoms with van der Waals surface area (Å²) in [5, 5.41) is 12.5. The molecule has 2 rings (SSSR count). The average molecular weight is 264 g/mol. The van der Waals surface area contributed by atoms with Gasteiger partial charge in [-0.05, 0) is 34.5 Å². The van der Waals surface area contributed by atoms with Gasteiger partial charge in [0.25, 0.3) is 0 Å². The number of benzene rings is 1. The Bertz CT molecular complexity index is 565. The number of nitrogens with zero attached hydrogens (tertiary/aromatic N) is 2. The maximum Gasteiger partial charge on any atom is 0.150 e. The summed E-state index contributed by atoms with van der Waals surface area (Å²) in [6.07, 6.45) is 0. The first-order valence-corrected chi connectivity index (χ1v) is 6.17. The molecule has 92 valence electrons. The van der Waals surface area contributed by atoms with Crippen molar-refractivity contribution in [2.45, 2.75) is 6.54 Å². The van der Waals surface area contributed by atoms with Crippen LogP contribution in [0.4, 0.5) is 14.5 Å². The van der Waals surface area contributed by atoms with Gasteiger partial charge in [-0.25, -0.2) is 8.78 Å². The Hall–Kier alpha value is -1.93. The summed E-state index contributed by atoms with van der Waals surface area (Å²) in [5.41, 5.74) is 0.864. The van der Waals surface area contributed by atoms with Crippen molar-refractivity contribution in [1.29, 1.82) is 5.26 Å². The van der Waals surface area contributed by atoms with Gasteiger partial charge in [0.1, 0.15) is 5.69 Å². The van der Waals surface area contributed by atoms with Crippen LogP contribution >= 0.6 is 11.3 Å². The van der Waals surface area contributed by atoms with Gasteiger partial charge in [-0.2, -0.15) is 16.6 Å². The Balaban J connectivity index is 2.31. The van der Waals surface area contributed by atoms with Crippen molar-refractivity contribution in [3.63, 3.8) is 0 Å². The average Bonchev–Trinajstić information content (AvgIpc) is 2.80. The Labute approximate surface area is 108 Å². The zero-order valence-electron chi connectivity index (χ0n) is 9.65. The van der Waals surface area contributed by atoms with Gasteiger partial charge in [0.15, 0.2) is 11.6 Å².